The highest BCUT2D eigenvalue weighted by Gasteiger charge is 2.31. The molecule has 0 bridgehead atoms. The number of benzene rings is 2. The summed E-state index contributed by atoms with van der Waals surface area (Å²) in [6.45, 7) is 0.749. The summed E-state index contributed by atoms with van der Waals surface area (Å²) >= 11 is 0. The Bertz CT molecular complexity index is 950. The number of methoxy groups -OCH3 is 2. The van der Waals surface area contributed by atoms with E-state index in [1.807, 2.05) is 41.3 Å². The number of carbonyl (C=O) groups is 1. The smallest absolute Gasteiger partial charge is 0.254 e. The summed E-state index contributed by atoms with van der Waals surface area (Å²) in [6.07, 6.45) is 3.68. The molecule has 1 fully saturated rings. The highest BCUT2D eigenvalue weighted by molar-refractivity contribution is 5.98. The van der Waals surface area contributed by atoms with E-state index in [0.717, 1.165) is 35.9 Å². The van der Waals surface area contributed by atoms with Gasteiger partial charge < -0.3 is 14.4 Å². The zero-order chi connectivity index (χ0) is 18.1. The van der Waals surface area contributed by atoms with E-state index in [9.17, 15) is 4.79 Å². The fourth-order valence-corrected chi connectivity index (χ4v) is 3.65. The summed E-state index contributed by atoms with van der Waals surface area (Å²) in [5.74, 6) is 1.42. The summed E-state index contributed by atoms with van der Waals surface area (Å²) in [4.78, 5) is 15.1. The minimum Gasteiger partial charge on any atom is -0.493 e. The number of fused-ring (bicyclic) bond motifs is 1. The van der Waals surface area contributed by atoms with Gasteiger partial charge in [-0.05, 0) is 42.7 Å². The molecule has 1 unspecified atom stereocenters. The third-order valence-corrected chi connectivity index (χ3v) is 4.99. The maximum absolute atomic E-state index is 13.1. The third-order valence-electron chi connectivity index (χ3n) is 4.99. The molecule has 0 radical (unpaired) electrons. The summed E-state index contributed by atoms with van der Waals surface area (Å²) in [5.41, 5.74) is 2.61. The number of rotatable bonds is 4. The van der Waals surface area contributed by atoms with Gasteiger partial charge in [0.2, 0.25) is 0 Å². The topological polar surface area (TPSA) is 67.5 Å². The lowest BCUT2D eigenvalue weighted by Crippen LogP contribution is -2.30. The molecule has 4 rings (SSSR count). The molecule has 3 aromatic rings. The first-order chi connectivity index (χ1) is 12.7. The molecule has 0 spiro atoms. The van der Waals surface area contributed by atoms with Crippen LogP contribution in [0.2, 0.25) is 0 Å². The van der Waals surface area contributed by atoms with Gasteiger partial charge in [0.05, 0.1) is 32.0 Å². The second kappa shape index (κ2) is 6.71. The van der Waals surface area contributed by atoms with Crippen molar-refractivity contribution in [3.8, 4) is 11.5 Å². The van der Waals surface area contributed by atoms with Crippen molar-refractivity contribution in [1.29, 1.82) is 0 Å². The van der Waals surface area contributed by atoms with Crippen LogP contribution >= 0.6 is 0 Å². The van der Waals surface area contributed by atoms with Gasteiger partial charge in [0.1, 0.15) is 0 Å². The van der Waals surface area contributed by atoms with Crippen LogP contribution in [0.1, 0.15) is 34.8 Å². The van der Waals surface area contributed by atoms with Gasteiger partial charge in [-0.2, -0.15) is 5.10 Å². The Labute approximate surface area is 151 Å². The van der Waals surface area contributed by atoms with E-state index in [0.29, 0.717) is 17.1 Å². The summed E-state index contributed by atoms with van der Waals surface area (Å²) in [5, 5.41) is 7.95. The minimum atomic E-state index is 0.0405. The molecule has 1 atom stereocenters. The van der Waals surface area contributed by atoms with E-state index in [1.165, 1.54) is 0 Å². The number of nitrogens with one attached hydrogen (secondary N) is 1. The van der Waals surface area contributed by atoms with Crippen molar-refractivity contribution >= 4 is 16.8 Å². The average molecular weight is 351 g/mol. The van der Waals surface area contributed by atoms with Gasteiger partial charge in [-0.3, -0.25) is 9.89 Å². The summed E-state index contributed by atoms with van der Waals surface area (Å²) in [7, 11) is 3.24. The van der Waals surface area contributed by atoms with Crippen molar-refractivity contribution in [2.75, 3.05) is 20.8 Å². The van der Waals surface area contributed by atoms with Gasteiger partial charge in [-0.1, -0.05) is 12.1 Å². The lowest BCUT2D eigenvalue weighted by atomic mass is 10.0. The van der Waals surface area contributed by atoms with E-state index >= 15 is 0 Å². The van der Waals surface area contributed by atoms with Crippen molar-refractivity contribution in [1.82, 2.24) is 15.1 Å². The number of hydrogen-bond donors (Lipinski definition) is 1. The van der Waals surface area contributed by atoms with Crippen LogP contribution in [0, 0.1) is 0 Å². The molecule has 26 heavy (non-hydrogen) atoms. The fraction of sp³-hybridized carbons (Fsp3) is 0.300. The number of nitrogens with zero attached hydrogens (tertiary/aromatic N) is 2. The van der Waals surface area contributed by atoms with Crippen LogP contribution in [0.5, 0.6) is 11.5 Å². The Morgan fingerprint density at radius 1 is 1.15 bits per heavy atom. The number of aromatic nitrogens is 2. The maximum Gasteiger partial charge on any atom is 0.254 e. The maximum atomic E-state index is 13.1. The number of hydrogen-bond acceptors (Lipinski definition) is 4. The quantitative estimate of drug-likeness (QED) is 0.780. The van der Waals surface area contributed by atoms with Gasteiger partial charge in [0.15, 0.2) is 11.5 Å². The first-order valence-electron chi connectivity index (χ1n) is 8.67. The molecule has 1 saturated heterocycles. The summed E-state index contributed by atoms with van der Waals surface area (Å²) in [6, 6.07) is 11.6. The standard InChI is InChI=1S/C20H21N3O3/c1-25-18-8-7-13(11-19(18)26-2)17-4-3-9-23(17)20(24)14-5-6-15-12-21-22-16(15)10-14/h5-8,10-12,17H,3-4,9H2,1-2H3,(H,21,22). The molecular formula is C20H21N3O3. The third kappa shape index (κ3) is 2.77. The van der Waals surface area contributed by atoms with Gasteiger partial charge in [0, 0.05) is 17.5 Å². The molecule has 0 saturated carbocycles. The van der Waals surface area contributed by atoms with Crippen LogP contribution in [0.3, 0.4) is 0 Å². The normalized spacial score (nSPS) is 16.8. The zero-order valence-electron chi connectivity index (χ0n) is 14.9. The fourth-order valence-electron chi connectivity index (χ4n) is 3.65. The van der Waals surface area contributed by atoms with Gasteiger partial charge in [-0.15, -0.1) is 0 Å². The second-order valence-corrected chi connectivity index (χ2v) is 6.44. The highest BCUT2D eigenvalue weighted by atomic mass is 16.5. The van der Waals surface area contributed by atoms with Crippen LogP contribution in [-0.4, -0.2) is 41.8 Å². The molecule has 1 N–H and O–H groups in total. The van der Waals surface area contributed by atoms with Crippen molar-refractivity contribution in [3.05, 3.63) is 53.7 Å². The number of aromatic amines is 1. The van der Waals surface area contributed by atoms with Crippen LogP contribution in [0.15, 0.2) is 42.6 Å². The lowest BCUT2D eigenvalue weighted by Gasteiger charge is -2.26. The molecular weight excluding hydrogens is 330 g/mol. The largest absolute Gasteiger partial charge is 0.493 e. The monoisotopic (exact) mass is 351 g/mol. The molecule has 0 aliphatic carbocycles. The molecule has 2 heterocycles. The molecule has 1 aromatic heterocycles. The lowest BCUT2D eigenvalue weighted by molar-refractivity contribution is 0.0735. The van der Waals surface area contributed by atoms with E-state index in [2.05, 4.69) is 10.2 Å². The number of carbonyl (C=O) groups excluding carboxylic acids is 1. The molecule has 1 aliphatic heterocycles. The Kier molecular flexibility index (Phi) is 4.24. The number of ether oxygens (including phenoxy) is 2. The Hall–Kier alpha value is -3.02. The number of amides is 1. The molecule has 2 aromatic carbocycles. The van der Waals surface area contributed by atoms with E-state index in [4.69, 9.17) is 9.47 Å². The van der Waals surface area contributed by atoms with Crippen LogP contribution in [0.4, 0.5) is 0 Å². The predicted molar refractivity (Wildman–Crippen MR) is 98.7 cm³/mol. The van der Waals surface area contributed by atoms with Crippen LogP contribution < -0.4 is 9.47 Å². The van der Waals surface area contributed by atoms with Gasteiger partial charge in [0.25, 0.3) is 5.91 Å². The van der Waals surface area contributed by atoms with Crippen molar-refractivity contribution in [2.24, 2.45) is 0 Å². The van der Waals surface area contributed by atoms with Crippen molar-refractivity contribution in [3.63, 3.8) is 0 Å². The van der Waals surface area contributed by atoms with Gasteiger partial charge in [-0.25, -0.2) is 0 Å². The Morgan fingerprint density at radius 3 is 2.81 bits per heavy atom. The first kappa shape index (κ1) is 16.4. The molecule has 134 valence electrons. The number of likely N-dealkylation sites (tertiary alicyclic amines) is 1. The molecule has 6 nitrogen and oxygen atoms in total. The molecule has 1 amide bonds. The molecule has 1 aliphatic rings. The van der Waals surface area contributed by atoms with Crippen molar-refractivity contribution in [2.45, 2.75) is 18.9 Å². The summed E-state index contributed by atoms with van der Waals surface area (Å²) < 4.78 is 10.7. The van der Waals surface area contributed by atoms with Crippen LogP contribution in [0.25, 0.3) is 10.9 Å². The average Bonchev–Trinajstić information content (AvgIpc) is 3.35. The number of H-pyrrole nitrogens is 1. The Morgan fingerprint density at radius 2 is 2.00 bits per heavy atom. The second-order valence-electron chi connectivity index (χ2n) is 6.44. The minimum absolute atomic E-state index is 0.0405. The Balaban J connectivity index is 1.64. The zero-order valence-corrected chi connectivity index (χ0v) is 14.9. The van der Waals surface area contributed by atoms with E-state index < -0.39 is 0 Å². The van der Waals surface area contributed by atoms with Crippen LogP contribution in [-0.2, 0) is 0 Å². The first-order valence-corrected chi connectivity index (χ1v) is 8.67. The predicted octanol–water partition coefficient (Wildman–Crippen LogP) is 3.56. The van der Waals surface area contributed by atoms with Gasteiger partial charge >= 0.3 is 0 Å². The SMILES string of the molecule is COc1ccc(C2CCCN2C(=O)c2ccc3cn[nH]c3c2)cc1OC. The van der Waals surface area contributed by atoms with E-state index in [1.54, 1.807) is 20.4 Å². The highest BCUT2D eigenvalue weighted by Crippen LogP contribution is 2.37. The van der Waals surface area contributed by atoms with Crippen molar-refractivity contribution < 1.29 is 14.3 Å². The molecule has 6 heteroatoms. The van der Waals surface area contributed by atoms with E-state index in [-0.39, 0.29) is 11.9 Å².